The number of hydrogen-bond donors (Lipinski definition) is 0. The van der Waals surface area contributed by atoms with E-state index in [0.717, 1.165) is 26.9 Å². The van der Waals surface area contributed by atoms with Gasteiger partial charge in [0.25, 0.3) is 5.91 Å². The van der Waals surface area contributed by atoms with Crippen LogP contribution in [0.15, 0.2) is 88.0 Å². The van der Waals surface area contributed by atoms with Crippen molar-refractivity contribution in [1.29, 1.82) is 0 Å². The predicted octanol–water partition coefficient (Wildman–Crippen LogP) is 6.25. The molecule has 1 amide bonds. The molecule has 0 atom stereocenters. The number of carbonyl (C=O) groups excluding carboxylic acids is 1. The van der Waals surface area contributed by atoms with E-state index in [0.29, 0.717) is 16.6 Å². The van der Waals surface area contributed by atoms with Crippen molar-refractivity contribution >= 4 is 51.0 Å². The first-order valence-electron chi connectivity index (χ1n) is 8.75. The van der Waals surface area contributed by atoms with Crippen LogP contribution >= 0.6 is 27.5 Å². The molecule has 0 saturated carbocycles. The van der Waals surface area contributed by atoms with Gasteiger partial charge in [0.05, 0.1) is 10.7 Å². The van der Waals surface area contributed by atoms with Crippen molar-refractivity contribution in [2.45, 2.75) is 6.92 Å². The van der Waals surface area contributed by atoms with Gasteiger partial charge in [-0.1, -0.05) is 63.9 Å². The topological polar surface area (TPSA) is 32.7 Å². The summed E-state index contributed by atoms with van der Waals surface area (Å²) in [5.41, 5.74) is 3.81. The highest BCUT2D eigenvalue weighted by atomic mass is 79.9. The Balaban J connectivity index is 1.87. The molecule has 0 spiro atoms. The van der Waals surface area contributed by atoms with Crippen molar-refractivity contribution in [1.82, 2.24) is 0 Å². The number of amidine groups is 1. The van der Waals surface area contributed by atoms with Crippen molar-refractivity contribution in [2.24, 2.45) is 4.99 Å². The summed E-state index contributed by atoms with van der Waals surface area (Å²) >= 11 is 9.88. The van der Waals surface area contributed by atoms with Gasteiger partial charge in [0, 0.05) is 10.0 Å². The standard InChI is InChI=1S/C23H16BrClN2O/c1-15-6-4-9-18(12-15)27-22(19-10-2-3-11-20(19)25)26-21(23(27)28)14-16-7-5-8-17(24)13-16/h2-14H,1H3/b21-14+. The largest absolute Gasteiger partial charge is 0.282 e. The van der Waals surface area contributed by atoms with Crippen LogP contribution in [-0.2, 0) is 4.79 Å². The van der Waals surface area contributed by atoms with E-state index in [-0.39, 0.29) is 5.91 Å². The predicted molar refractivity (Wildman–Crippen MR) is 119 cm³/mol. The van der Waals surface area contributed by atoms with E-state index >= 15 is 0 Å². The molecule has 0 aliphatic carbocycles. The van der Waals surface area contributed by atoms with E-state index in [1.807, 2.05) is 73.7 Å². The molecule has 0 fully saturated rings. The number of hydrogen-bond acceptors (Lipinski definition) is 2. The van der Waals surface area contributed by atoms with E-state index in [1.54, 1.807) is 17.0 Å². The third-order valence-corrected chi connectivity index (χ3v) is 5.21. The molecule has 4 rings (SSSR count). The van der Waals surface area contributed by atoms with Crippen molar-refractivity contribution in [3.63, 3.8) is 0 Å². The lowest BCUT2D eigenvalue weighted by Crippen LogP contribution is -2.32. The van der Waals surface area contributed by atoms with Gasteiger partial charge in [-0.05, 0) is 60.5 Å². The molecule has 1 aliphatic heterocycles. The molecule has 0 saturated heterocycles. The summed E-state index contributed by atoms with van der Waals surface area (Å²) in [4.78, 5) is 19.6. The third kappa shape index (κ3) is 3.66. The number of rotatable bonds is 3. The van der Waals surface area contributed by atoms with Crippen LogP contribution in [0.5, 0.6) is 0 Å². The minimum absolute atomic E-state index is 0.180. The number of halogens is 2. The number of amides is 1. The van der Waals surface area contributed by atoms with Crippen LogP contribution in [0.2, 0.25) is 5.02 Å². The smallest absolute Gasteiger partial charge is 0.266 e. The minimum atomic E-state index is -0.180. The lowest BCUT2D eigenvalue weighted by molar-refractivity contribution is -0.113. The van der Waals surface area contributed by atoms with Crippen molar-refractivity contribution in [3.05, 3.63) is 105 Å². The number of anilines is 1. The highest BCUT2D eigenvalue weighted by Gasteiger charge is 2.33. The Labute approximate surface area is 177 Å². The molecular weight excluding hydrogens is 436 g/mol. The summed E-state index contributed by atoms with van der Waals surface area (Å²) in [5, 5.41) is 0.551. The molecule has 3 aromatic rings. The van der Waals surface area contributed by atoms with Crippen LogP contribution < -0.4 is 4.90 Å². The zero-order chi connectivity index (χ0) is 19.7. The maximum absolute atomic E-state index is 13.3. The van der Waals surface area contributed by atoms with E-state index in [4.69, 9.17) is 11.6 Å². The molecule has 3 nitrogen and oxygen atoms in total. The molecule has 3 aromatic carbocycles. The molecular formula is C23H16BrClN2O. The summed E-state index contributed by atoms with van der Waals surface area (Å²) in [6.45, 7) is 1.99. The first-order valence-corrected chi connectivity index (χ1v) is 9.92. The first kappa shape index (κ1) is 18.7. The van der Waals surface area contributed by atoms with Crippen LogP contribution in [0, 0.1) is 6.92 Å². The fourth-order valence-electron chi connectivity index (χ4n) is 3.10. The SMILES string of the molecule is Cc1cccc(N2C(=O)/C(=C\c3cccc(Br)c3)N=C2c2ccccc2Cl)c1. The fourth-order valence-corrected chi connectivity index (χ4v) is 3.74. The number of aryl methyl sites for hydroxylation is 1. The maximum Gasteiger partial charge on any atom is 0.282 e. The Bertz CT molecular complexity index is 1140. The van der Waals surface area contributed by atoms with E-state index < -0.39 is 0 Å². The summed E-state index contributed by atoms with van der Waals surface area (Å²) in [7, 11) is 0. The van der Waals surface area contributed by atoms with Gasteiger partial charge >= 0.3 is 0 Å². The Kier molecular flexibility index (Phi) is 5.16. The van der Waals surface area contributed by atoms with Crippen molar-refractivity contribution < 1.29 is 4.79 Å². The third-order valence-electron chi connectivity index (χ3n) is 4.39. The molecule has 0 N–H and O–H groups in total. The van der Waals surface area contributed by atoms with Gasteiger partial charge in [0.2, 0.25) is 0 Å². The van der Waals surface area contributed by atoms with Gasteiger partial charge < -0.3 is 0 Å². The van der Waals surface area contributed by atoms with Crippen molar-refractivity contribution in [3.8, 4) is 0 Å². The Morgan fingerprint density at radius 1 is 1.00 bits per heavy atom. The molecule has 138 valence electrons. The van der Waals surface area contributed by atoms with Gasteiger partial charge in [-0.3, -0.25) is 9.69 Å². The van der Waals surface area contributed by atoms with Gasteiger partial charge in [0.1, 0.15) is 11.5 Å². The molecule has 1 aliphatic rings. The van der Waals surface area contributed by atoms with Gasteiger partial charge in [-0.25, -0.2) is 4.99 Å². The Hall–Kier alpha value is -2.69. The number of aliphatic imine (C=N–C) groups is 1. The average molecular weight is 452 g/mol. The second kappa shape index (κ2) is 7.74. The summed E-state index contributed by atoms with van der Waals surface area (Å²) in [6, 6.07) is 23.0. The molecule has 1 heterocycles. The highest BCUT2D eigenvalue weighted by Crippen LogP contribution is 2.31. The van der Waals surface area contributed by atoms with E-state index in [1.165, 1.54) is 0 Å². The molecule has 0 unspecified atom stereocenters. The van der Waals surface area contributed by atoms with Crippen LogP contribution in [0.25, 0.3) is 6.08 Å². The number of nitrogens with zero attached hydrogens (tertiary/aromatic N) is 2. The minimum Gasteiger partial charge on any atom is -0.266 e. The van der Waals surface area contributed by atoms with Crippen molar-refractivity contribution in [2.75, 3.05) is 4.90 Å². The number of benzene rings is 3. The summed E-state index contributed by atoms with van der Waals surface area (Å²) < 4.78 is 0.943. The summed E-state index contributed by atoms with van der Waals surface area (Å²) in [6.07, 6.45) is 1.79. The van der Waals surface area contributed by atoms with Gasteiger partial charge in [0.15, 0.2) is 0 Å². The lowest BCUT2D eigenvalue weighted by Gasteiger charge is -2.19. The normalized spacial score (nSPS) is 15.2. The fraction of sp³-hybridized carbons (Fsp3) is 0.0435. The zero-order valence-electron chi connectivity index (χ0n) is 15.1. The van der Waals surface area contributed by atoms with E-state index in [9.17, 15) is 4.79 Å². The summed E-state index contributed by atoms with van der Waals surface area (Å²) in [5.74, 6) is 0.350. The number of carbonyl (C=O) groups is 1. The van der Waals surface area contributed by atoms with Crippen LogP contribution in [0.4, 0.5) is 5.69 Å². The molecule has 0 bridgehead atoms. The quantitative estimate of drug-likeness (QED) is 0.433. The highest BCUT2D eigenvalue weighted by molar-refractivity contribution is 9.10. The first-order chi connectivity index (χ1) is 13.5. The monoisotopic (exact) mass is 450 g/mol. The Morgan fingerprint density at radius 2 is 1.79 bits per heavy atom. The zero-order valence-corrected chi connectivity index (χ0v) is 17.4. The van der Waals surface area contributed by atoms with Crippen LogP contribution in [0.3, 0.4) is 0 Å². The molecule has 5 heteroatoms. The molecule has 28 heavy (non-hydrogen) atoms. The average Bonchev–Trinajstić information content (AvgIpc) is 2.98. The van der Waals surface area contributed by atoms with E-state index in [2.05, 4.69) is 20.9 Å². The van der Waals surface area contributed by atoms with Gasteiger partial charge in [-0.2, -0.15) is 0 Å². The van der Waals surface area contributed by atoms with Crippen LogP contribution in [0.1, 0.15) is 16.7 Å². The van der Waals surface area contributed by atoms with Gasteiger partial charge in [-0.15, -0.1) is 0 Å². The van der Waals surface area contributed by atoms with Crippen LogP contribution in [-0.4, -0.2) is 11.7 Å². The molecule has 0 radical (unpaired) electrons. The second-order valence-electron chi connectivity index (χ2n) is 6.48. The second-order valence-corrected chi connectivity index (χ2v) is 7.80. The Morgan fingerprint density at radius 3 is 2.54 bits per heavy atom. The maximum atomic E-state index is 13.3. The lowest BCUT2D eigenvalue weighted by atomic mass is 10.1. The molecule has 0 aromatic heterocycles.